The lowest BCUT2D eigenvalue weighted by Gasteiger charge is -2.09. The highest BCUT2D eigenvalue weighted by molar-refractivity contribution is 9.11. The first-order valence-corrected chi connectivity index (χ1v) is 9.56. The van der Waals surface area contributed by atoms with Gasteiger partial charge in [-0.2, -0.15) is 5.26 Å². The van der Waals surface area contributed by atoms with Crippen molar-refractivity contribution in [1.29, 1.82) is 5.26 Å². The zero-order valence-corrected chi connectivity index (χ0v) is 18.3. The molecule has 0 unspecified atom stereocenters. The number of nitro groups is 1. The molecule has 2 rings (SSSR count). The SMILES string of the molecule is CC(=O)Oc1c(Br)cc(/C=C(\C#N)C(=O)Nc2ccc([N+](=O)[O-])cc2C)cc1Br. The predicted octanol–water partition coefficient (Wildman–Crippen LogP) is 4.90. The van der Waals surface area contributed by atoms with Crippen LogP contribution in [0.5, 0.6) is 5.75 Å². The van der Waals surface area contributed by atoms with E-state index >= 15 is 0 Å². The molecule has 2 aromatic carbocycles. The van der Waals surface area contributed by atoms with Gasteiger partial charge in [-0.3, -0.25) is 19.7 Å². The molecule has 0 aliphatic carbocycles. The van der Waals surface area contributed by atoms with Gasteiger partial charge in [0.2, 0.25) is 0 Å². The number of rotatable bonds is 5. The van der Waals surface area contributed by atoms with Gasteiger partial charge < -0.3 is 10.1 Å². The van der Waals surface area contributed by atoms with Gasteiger partial charge in [-0.25, -0.2) is 0 Å². The summed E-state index contributed by atoms with van der Waals surface area (Å²) >= 11 is 6.56. The molecule has 0 heterocycles. The number of carbonyl (C=O) groups is 2. The van der Waals surface area contributed by atoms with Crippen LogP contribution >= 0.6 is 31.9 Å². The number of halogens is 2. The van der Waals surface area contributed by atoms with Crippen LogP contribution in [0.3, 0.4) is 0 Å². The number of aryl methyl sites for hydroxylation is 1. The topological polar surface area (TPSA) is 122 Å². The van der Waals surface area contributed by atoms with E-state index in [9.17, 15) is 25.0 Å². The van der Waals surface area contributed by atoms with Crippen LogP contribution in [0.2, 0.25) is 0 Å². The van der Waals surface area contributed by atoms with E-state index in [0.29, 0.717) is 25.8 Å². The zero-order valence-electron chi connectivity index (χ0n) is 15.2. The molecule has 0 bridgehead atoms. The van der Waals surface area contributed by atoms with E-state index in [2.05, 4.69) is 37.2 Å². The Kier molecular flexibility index (Phi) is 7.25. The van der Waals surface area contributed by atoms with Crippen LogP contribution in [0.4, 0.5) is 11.4 Å². The number of nitro benzene ring substituents is 1. The minimum atomic E-state index is -0.666. The second-order valence-corrected chi connectivity index (χ2v) is 7.50. The number of anilines is 1. The fraction of sp³-hybridized carbons (Fsp3) is 0.105. The number of esters is 1. The highest BCUT2D eigenvalue weighted by Crippen LogP contribution is 2.35. The Labute approximate surface area is 182 Å². The highest BCUT2D eigenvalue weighted by Gasteiger charge is 2.15. The summed E-state index contributed by atoms with van der Waals surface area (Å²) < 4.78 is 5.99. The lowest BCUT2D eigenvalue weighted by Crippen LogP contribution is -2.14. The summed E-state index contributed by atoms with van der Waals surface area (Å²) in [5.74, 6) is -0.884. The van der Waals surface area contributed by atoms with Crippen LogP contribution in [-0.4, -0.2) is 16.8 Å². The molecule has 10 heteroatoms. The monoisotopic (exact) mass is 521 g/mol. The number of hydrogen-bond donors (Lipinski definition) is 1. The predicted molar refractivity (Wildman–Crippen MR) is 113 cm³/mol. The van der Waals surface area contributed by atoms with E-state index in [4.69, 9.17) is 4.74 Å². The number of benzene rings is 2. The van der Waals surface area contributed by atoms with Crippen LogP contribution in [-0.2, 0) is 9.59 Å². The Balaban J connectivity index is 2.30. The van der Waals surface area contributed by atoms with E-state index < -0.39 is 16.8 Å². The van der Waals surface area contributed by atoms with Crippen molar-refractivity contribution in [3.8, 4) is 11.8 Å². The molecule has 0 saturated heterocycles. The van der Waals surface area contributed by atoms with Crippen molar-refractivity contribution in [2.45, 2.75) is 13.8 Å². The summed E-state index contributed by atoms with van der Waals surface area (Å²) in [7, 11) is 0. The first kappa shape index (κ1) is 22.3. The molecular weight excluding hydrogens is 510 g/mol. The van der Waals surface area contributed by atoms with E-state index in [1.807, 2.05) is 6.07 Å². The molecule has 148 valence electrons. The number of nitrogens with zero attached hydrogens (tertiary/aromatic N) is 2. The lowest BCUT2D eigenvalue weighted by molar-refractivity contribution is -0.384. The average molecular weight is 523 g/mol. The molecule has 0 fully saturated rings. The van der Waals surface area contributed by atoms with Crippen LogP contribution < -0.4 is 10.1 Å². The van der Waals surface area contributed by atoms with E-state index in [1.165, 1.54) is 31.2 Å². The second-order valence-electron chi connectivity index (χ2n) is 5.79. The van der Waals surface area contributed by atoms with Gasteiger partial charge in [0.1, 0.15) is 11.6 Å². The van der Waals surface area contributed by atoms with Gasteiger partial charge in [-0.05, 0) is 74.2 Å². The summed E-state index contributed by atoms with van der Waals surface area (Å²) in [5, 5.41) is 22.8. The fourth-order valence-electron chi connectivity index (χ4n) is 2.31. The molecule has 8 nitrogen and oxygen atoms in total. The molecule has 0 saturated carbocycles. The summed E-state index contributed by atoms with van der Waals surface area (Å²) in [4.78, 5) is 33.9. The molecule has 1 N–H and O–H groups in total. The number of nitrogens with one attached hydrogen (secondary N) is 1. The van der Waals surface area contributed by atoms with Gasteiger partial charge in [-0.1, -0.05) is 0 Å². The third-order valence-electron chi connectivity index (χ3n) is 3.61. The number of ether oxygens (including phenoxy) is 1. The smallest absolute Gasteiger partial charge is 0.308 e. The molecule has 29 heavy (non-hydrogen) atoms. The molecule has 0 aromatic heterocycles. The van der Waals surface area contributed by atoms with Crippen LogP contribution in [0.1, 0.15) is 18.1 Å². The fourth-order valence-corrected chi connectivity index (χ4v) is 3.69. The Hall–Kier alpha value is -3.03. The minimum absolute atomic E-state index is 0.0980. The normalized spacial score (nSPS) is 10.8. The minimum Gasteiger partial charge on any atom is -0.424 e. The summed E-state index contributed by atoms with van der Waals surface area (Å²) in [6.07, 6.45) is 1.36. The number of hydrogen-bond acceptors (Lipinski definition) is 6. The van der Waals surface area contributed by atoms with E-state index in [0.717, 1.165) is 0 Å². The molecule has 2 aromatic rings. The van der Waals surface area contributed by atoms with Crippen LogP contribution in [0.25, 0.3) is 6.08 Å². The largest absolute Gasteiger partial charge is 0.424 e. The molecule has 1 amide bonds. The van der Waals surface area contributed by atoms with Crippen LogP contribution in [0.15, 0.2) is 44.9 Å². The van der Waals surface area contributed by atoms with Crippen molar-refractivity contribution in [3.63, 3.8) is 0 Å². The maximum absolute atomic E-state index is 12.5. The Morgan fingerprint density at radius 1 is 1.24 bits per heavy atom. The summed E-state index contributed by atoms with van der Waals surface area (Å²) in [5.41, 5.74) is 1.07. The maximum atomic E-state index is 12.5. The molecule has 0 aliphatic heterocycles. The average Bonchev–Trinajstić information content (AvgIpc) is 2.63. The summed E-state index contributed by atoms with van der Waals surface area (Å²) in [6, 6.07) is 9.00. The van der Waals surface area contributed by atoms with Gasteiger partial charge in [0, 0.05) is 24.7 Å². The van der Waals surface area contributed by atoms with Gasteiger partial charge in [0.05, 0.1) is 13.9 Å². The van der Waals surface area contributed by atoms with Gasteiger partial charge in [0.15, 0.2) is 5.75 Å². The lowest BCUT2D eigenvalue weighted by atomic mass is 10.1. The number of carbonyl (C=O) groups excluding carboxylic acids is 2. The van der Waals surface area contributed by atoms with Crippen molar-refractivity contribution in [2.75, 3.05) is 5.32 Å². The third-order valence-corrected chi connectivity index (χ3v) is 4.79. The van der Waals surface area contributed by atoms with Crippen molar-refractivity contribution < 1.29 is 19.2 Å². The standard InChI is InChI=1S/C19H13Br2N3O5/c1-10-5-14(24(27)28)3-4-17(10)23-19(26)13(9-22)6-12-7-15(20)18(16(21)8-12)29-11(2)25/h3-8H,1-2H3,(H,23,26)/b13-6+. The Morgan fingerprint density at radius 2 is 1.86 bits per heavy atom. The second kappa shape index (κ2) is 9.45. The van der Waals surface area contributed by atoms with Crippen molar-refractivity contribution >= 4 is 61.2 Å². The highest BCUT2D eigenvalue weighted by atomic mass is 79.9. The molecule has 0 atom stereocenters. The number of nitriles is 1. The van der Waals surface area contributed by atoms with Crippen molar-refractivity contribution in [1.82, 2.24) is 0 Å². The van der Waals surface area contributed by atoms with E-state index in [-0.39, 0.29) is 17.0 Å². The first-order valence-electron chi connectivity index (χ1n) is 7.98. The molecule has 0 radical (unpaired) electrons. The van der Waals surface area contributed by atoms with E-state index in [1.54, 1.807) is 19.1 Å². The van der Waals surface area contributed by atoms with Crippen molar-refractivity contribution in [2.24, 2.45) is 0 Å². The van der Waals surface area contributed by atoms with Crippen LogP contribution in [0, 0.1) is 28.4 Å². The quantitative estimate of drug-likeness (QED) is 0.149. The van der Waals surface area contributed by atoms with Gasteiger partial charge in [-0.15, -0.1) is 0 Å². The van der Waals surface area contributed by atoms with Crippen molar-refractivity contribution in [3.05, 3.63) is 66.1 Å². The molecule has 0 spiro atoms. The third kappa shape index (κ3) is 5.73. The molecule has 0 aliphatic rings. The number of amides is 1. The van der Waals surface area contributed by atoms with Gasteiger partial charge >= 0.3 is 5.97 Å². The Bertz CT molecular complexity index is 1070. The summed E-state index contributed by atoms with van der Waals surface area (Å²) in [6.45, 7) is 2.88. The van der Waals surface area contributed by atoms with Gasteiger partial charge in [0.25, 0.3) is 11.6 Å². The zero-order chi connectivity index (χ0) is 21.7. The maximum Gasteiger partial charge on any atom is 0.308 e. The first-order chi connectivity index (χ1) is 13.6. The Morgan fingerprint density at radius 3 is 2.34 bits per heavy atom. The number of non-ortho nitro benzene ring substituents is 1. The molecular formula is C19H13Br2N3O5.